The van der Waals surface area contributed by atoms with Gasteiger partial charge in [-0.3, -0.25) is 0 Å². The molecule has 3 aliphatic rings. The maximum atomic E-state index is 7.19. The Bertz CT molecular complexity index is 3880. The Labute approximate surface area is 388 Å². The van der Waals surface area contributed by atoms with Crippen LogP contribution in [0, 0.1) is 0 Å². The summed E-state index contributed by atoms with van der Waals surface area (Å²) in [5.41, 5.74) is 19.2. The van der Waals surface area contributed by atoms with E-state index in [2.05, 4.69) is 219 Å². The maximum absolute atomic E-state index is 7.19. The quantitative estimate of drug-likeness (QED) is 0.167. The fourth-order valence-corrected chi connectivity index (χ4v) is 11.3. The number of nitrogens with zero attached hydrogens (tertiary/aromatic N) is 1. The number of furan rings is 2. The molecule has 0 saturated heterocycles. The molecule has 14 rings (SSSR count). The SMILES string of the molecule is CC1(C)c2ccccc2-c2ccc(N(c3ccc(-c4ccccc4)cc3)c3ccc4c(c3)oc3c(-c5cccc6c5oc5ccccc56)cc(-c5cccc6c5OC5C=CC=CC65)cc34)cc21. The summed E-state index contributed by atoms with van der Waals surface area (Å²) < 4.78 is 20.7. The fraction of sp³-hybridized carbons (Fsp3) is 0.0794. The highest BCUT2D eigenvalue weighted by atomic mass is 16.5. The second-order valence-corrected chi connectivity index (χ2v) is 18.7. The van der Waals surface area contributed by atoms with Crippen molar-refractivity contribution in [2.24, 2.45) is 0 Å². The zero-order valence-electron chi connectivity index (χ0n) is 37.0. The Hall–Kier alpha value is -8.34. The van der Waals surface area contributed by atoms with Crippen LogP contribution in [0.4, 0.5) is 17.1 Å². The van der Waals surface area contributed by atoms with Crippen LogP contribution in [0.2, 0.25) is 0 Å². The van der Waals surface area contributed by atoms with E-state index in [4.69, 9.17) is 13.6 Å². The van der Waals surface area contributed by atoms with E-state index in [1.165, 1.54) is 38.9 Å². The number of hydrogen-bond donors (Lipinski definition) is 0. The predicted octanol–water partition coefficient (Wildman–Crippen LogP) is 17.2. The first kappa shape index (κ1) is 38.0. The van der Waals surface area contributed by atoms with Gasteiger partial charge in [0.1, 0.15) is 34.2 Å². The molecular formula is C63H43NO3. The average molecular weight is 862 g/mol. The van der Waals surface area contributed by atoms with Gasteiger partial charge in [0.15, 0.2) is 0 Å². The van der Waals surface area contributed by atoms with Crippen LogP contribution in [0.1, 0.15) is 36.5 Å². The van der Waals surface area contributed by atoms with Gasteiger partial charge in [-0.15, -0.1) is 0 Å². The van der Waals surface area contributed by atoms with Crippen LogP contribution in [-0.4, -0.2) is 6.10 Å². The van der Waals surface area contributed by atoms with Crippen molar-refractivity contribution in [2.45, 2.75) is 31.3 Å². The van der Waals surface area contributed by atoms with Gasteiger partial charge in [-0.1, -0.05) is 159 Å². The Morgan fingerprint density at radius 3 is 1.99 bits per heavy atom. The highest BCUT2D eigenvalue weighted by molar-refractivity contribution is 6.16. The van der Waals surface area contributed by atoms with Crippen molar-refractivity contribution < 1.29 is 13.6 Å². The van der Waals surface area contributed by atoms with Crippen molar-refractivity contribution in [2.75, 3.05) is 4.90 Å². The molecule has 9 aromatic carbocycles. The molecule has 2 atom stereocenters. The van der Waals surface area contributed by atoms with Gasteiger partial charge < -0.3 is 18.5 Å². The lowest BCUT2D eigenvalue weighted by atomic mass is 9.82. The van der Waals surface area contributed by atoms with E-state index in [0.717, 1.165) is 88.9 Å². The molecule has 2 aromatic heterocycles. The van der Waals surface area contributed by atoms with Gasteiger partial charge in [0.2, 0.25) is 0 Å². The number of hydrogen-bond acceptors (Lipinski definition) is 4. The van der Waals surface area contributed by atoms with Crippen LogP contribution in [-0.2, 0) is 5.41 Å². The lowest BCUT2D eigenvalue weighted by molar-refractivity contribution is 0.270. The van der Waals surface area contributed by atoms with Gasteiger partial charge in [-0.2, -0.15) is 0 Å². The molecule has 0 N–H and O–H groups in total. The van der Waals surface area contributed by atoms with Crippen LogP contribution in [0.3, 0.4) is 0 Å². The summed E-state index contributed by atoms with van der Waals surface area (Å²) in [5.74, 6) is 1.12. The topological polar surface area (TPSA) is 38.8 Å². The number of ether oxygens (including phenoxy) is 1. The van der Waals surface area contributed by atoms with Gasteiger partial charge in [0.05, 0.1) is 0 Å². The van der Waals surface area contributed by atoms with E-state index in [0.29, 0.717) is 0 Å². The molecule has 0 bridgehead atoms. The first-order valence-corrected chi connectivity index (χ1v) is 23.2. The van der Waals surface area contributed by atoms with Crippen molar-refractivity contribution >= 4 is 60.9 Å². The average Bonchev–Trinajstić information content (AvgIpc) is 4.12. The van der Waals surface area contributed by atoms with Crippen LogP contribution in [0.15, 0.2) is 221 Å². The molecule has 0 spiro atoms. The van der Waals surface area contributed by atoms with Gasteiger partial charge >= 0.3 is 0 Å². The third kappa shape index (κ3) is 5.72. The summed E-state index contributed by atoms with van der Waals surface area (Å²) in [5, 5.41) is 4.24. The summed E-state index contributed by atoms with van der Waals surface area (Å²) in [6.07, 6.45) is 8.60. The molecule has 4 nitrogen and oxygen atoms in total. The normalized spacial score (nSPS) is 16.3. The van der Waals surface area contributed by atoms with Crippen molar-refractivity contribution in [3.8, 4) is 50.3 Å². The number of benzene rings is 9. The summed E-state index contributed by atoms with van der Waals surface area (Å²) in [4.78, 5) is 2.37. The number of anilines is 3. The van der Waals surface area contributed by atoms with Crippen LogP contribution < -0.4 is 9.64 Å². The number of para-hydroxylation sites is 3. The van der Waals surface area contributed by atoms with Crippen molar-refractivity contribution in [1.29, 1.82) is 0 Å². The molecule has 0 radical (unpaired) electrons. The predicted molar refractivity (Wildman–Crippen MR) is 275 cm³/mol. The first-order chi connectivity index (χ1) is 33.0. The smallest absolute Gasteiger partial charge is 0.143 e. The van der Waals surface area contributed by atoms with E-state index in [9.17, 15) is 0 Å². The largest absolute Gasteiger partial charge is 0.484 e. The van der Waals surface area contributed by atoms with Gasteiger partial charge in [0.25, 0.3) is 0 Å². The third-order valence-electron chi connectivity index (χ3n) is 14.6. The van der Waals surface area contributed by atoms with E-state index in [1.807, 2.05) is 12.1 Å². The molecule has 67 heavy (non-hydrogen) atoms. The minimum absolute atomic E-state index is 0.0219. The molecule has 3 heterocycles. The molecule has 1 aliphatic heterocycles. The zero-order valence-corrected chi connectivity index (χ0v) is 37.0. The second-order valence-electron chi connectivity index (χ2n) is 18.7. The number of rotatable bonds is 6. The Balaban J connectivity index is 0.978. The molecule has 4 heteroatoms. The van der Waals surface area contributed by atoms with E-state index in [-0.39, 0.29) is 17.4 Å². The standard InChI is InChI=1S/C63H43NO3/c1-63(2)55-23-9-6-16-45(55)46-32-30-42(36-56(46)63)64(41-28-26-39(27-29-41)38-14-4-3-5-15-38)43-31-33-49-53-34-40(44-19-12-20-50-47-17-7-10-24-57(47)65-60(44)50)35-54(62(53)67-59(49)37-43)52-22-13-21-51-48-18-8-11-25-58(48)66-61(51)52/h3-37,47,57H,1-2H3. The summed E-state index contributed by atoms with van der Waals surface area (Å²) in [6, 6.07) is 67.8. The molecule has 318 valence electrons. The minimum atomic E-state index is -0.153. The van der Waals surface area contributed by atoms with Gasteiger partial charge in [-0.25, -0.2) is 0 Å². The summed E-state index contributed by atoms with van der Waals surface area (Å²) >= 11 is 0. The third-order valence-corrected chi connectivity index (χ3v) is 14.6. The Kier molecular flexibility index (Phi) is 8.12. The van der Waals surface area contributed by atoms with Crippen LogP contribution >= 0.6 is 0 Å². The molecule has 0 saturated carbocycles. The monoisotopic (exact) mass is 861 g/mol. The fourth-order valence-electron chi connectivity index (χ4n) is 11.3. The lowest BCUT2D eigenvalue weighted by Gasteiger charge is -2.28. The van der Waals surface area contributed by atoms with E-state index < -0.39 is 0 Å². The lowest BCUT2D eigenvalue weighted by Crippen LogP contribution is -2.16. The molecule has 0 fully saturated rings. The molecule has 11 aromatic rings. The summed E-state index contributed by atoms with van der Waals surface area (Å²) in [7, 11) is 0. The van der Waals surface area contributed by atoms with E-state index in [1.54, 1.807) is 0 Å². The maximum Gasteiger partial charge on any atom is 0.143 e. The van der Waals surface area contributed by atoms with Crippen LogP contribution in [0.5, 0.6) is 5.75 Å². The van der Waals surface area contributed by atoms with Crippen LogP contribution in [0.25, 0.3) is 88.4 Å². The Morgan fingerprint density at radius 2 is 1.07 bits per heavy atom. The van der Waals surface area contributed by atoms with Gasteiger partial charge in [-0.05, 0) is 99.6 Å². The molecule has 0 amide bonds. The van der Waals surface area contributed by atoms with Crippen molar-refractivity contribution in [3.63, 3.8) is 0 Å². The van der Waals surface area contributed by atoms with Gasteiger partial charge in [0, 0.05) is 78.3 Å². The first-order valence-electron chi connectivity index (χ1n) is 23.2. The van der Waals surface area contributed by atoms with Crippen molar-refractivity contribution in [3.05, 3.63) is 229 Å². The van der Waals surface area contributed by atoms with E-state index >= 15 is 0 Å². The molecule has 2 aliphatic carbocycles. The summed E-state index contributed by atoms with van der Waals surface area (Å²) in [6.45, 7) is 4.69. The second kappa shape index (κ2) is 14.3. The highest BCUT2D eigenvalue weighted by Gasteiger charge is 2.37. The molecule has 2 unspecified atom stereocenters. The van der Waals surface area contributed by atoms with Crippen molar-refractivity contribution in [1.82, 2.24) is 0 Å². The molecular weight excluding hydrogens is 819 g/mol. The zero-order chi connectivity index (χ0) is 44.4. The highest BCUT2D eigenvalue weighted by Crippen LogP contribution is 2.53. The minimum Gasteiger partial charge on any atom is -0.484 e. The number of fused-ring (bicyclic) bond motifs is 12. The Morgan fingerprint density at radius 1 is 0.418 bits per heavy atom. The number of allylic oxidation sites excluding steroid dienone is 2.